The summed E-state index contributed by atoms with van der Waals surface area (Å²) in [7, 11) is -4.17. The second kappa shape index (κ2) is 3.65. The van der Waals surface area contributed by atoms with Gasteiger partial charge in [-0.25, -0.2) is 4.57 Å². The Kier molecular flexibility index (Phi) is 3.52. The van der Waals surface area contributed by atoms with Crippen LogP contribution in [0.3, 0.4) is 0 Å². The fraction of sp³-hybridized carbons (Fsp3) is 0.500. The normalized spacial score (nSPS) is 10.1. The molecule has 4 nitrogen and oxygen atoms in total. The molecule has 3 N–H and O–H groups in total. The second-order valence-electron chi connectivity index (χ2n) is 1.31. The van der Waals surface area contributed by atoms with Crippen molar-refractivity contribution < 1.29 is 19.5 Å². The van der Waals surface area contributed by atoms with Crippen LogP contribution in [0.5, 0.6) is 0 Å². The van der Waals surface area contributed by atoms with E-state index in [-0.39, 0.29) is 13.0 Å². The Hall–Kier alpha value is -0.330. The molecule has 0 aliphatic heterocycles. The van der Waals surface area contributed by atoms with Crippen molar-refractivity contribution in [1.29, 1.82) is 0 Å². The highest BCUT2D eigenvalue weighted by Crippen LogP contribution is 2.31. The Morgan fingerprint density at radius 3 is 2.33 bits per heavy atom. The molecule has 0 fully saturated rings. The number of hydrogen-bond donors (Lipinski definition) is 3. The molecule has 0 aromatic rings. The van der Waals surface area contributed by atoms with Gasteiger partial charge in [-0.1, -0.05) is 5.92 Å². The van der Waals surface area contributed by atoms with Gasteiger partial charge in [-0.15, -0.1) is 0 Å². The predicted molar refractivity (Wildman–Crippen MR) is 31.5 cm³/mol. The minimum absolute atomic E-state index is 0.102. The van der Waals surface area contributed by atoms with Crippen molar-refractivity contribution >= 4 is 7.60 Å². The summed E-state index contributed by atoms with van der Waals surface area (Å²) in [5, 5.41) is 8.11. The van der Waals surface area contributed by atoms with Gasteiger partial charge >= 0.3 is 7.60 Å². The van der Waals surface area contributed by atoms with E-state index in [2.05, 4.69) is 5.92 Å². The lowest BCUT2D eigenvalue weighted by Crippen LogP contribution is -1.76. The highest BCUT2D eigenvalue weighted by Gasteiger charge is 2.04. The average molecular weight is 150 g/mol. The number of rotatable bonds is 1. The van der Waals surface area contributed by atoms with Crippen LogP contribution < -0.4 is 0 Å². The molecule has 0 spiro atoms. The highest BCUT2D eigenvalue weighted by atomic mass is 31.2. The third kappa shape index (κ3) is 7.67. The molecular weight excluding hydrogens is 143 g/mol. The molecule has 0 heterocycles. The van der Waals surface area contributed by atoms with E-state index in [9.17, 15) is 4.57 Å². The van der Waals surface area contributed by atoms with Crippen molar-refractivity contribution in [3.05, 3.63) is 0 Å². The van der Waals surface area contributed by atoms with Gasteiger partial charge < -0.3 is 14.9 Å². The standard InChI is InChI=1S/C4H7O4P/c5-3-1-2-4-9(6,7)8/h5H,1,3H2,(H2,6,7,8). The van der Waals surface area contributed by atoms with Crippen LogP contribution in [-0.2, 0) is 4.57 Å². The van der Waals surface area contributed by atoms with Gasteiger partial charge in [-0.2, -0.15) is 0 Å². The third-order valence-electron chi connectivity index (χ3n) is 0.462. The summed E-state index contributed by atoms with van der Waals surface area (Å²) in [5.41, 5.74) is 1.68. The number of aliphatic hydroxyl groups excluding tert-OH is 1. The lowest BCUT2D eigenvalue weighted by molar-refractivity contribution is 0.305. The van der Waals surface area contributed by atoms with Crippen molar-refractivity contribution in [2.45, 2.75) is 6.42 Å². The van der Waals surface area contributed by atoms with E-state index < -0.39 is 7.60 Å². The minimum Gasteiger partial charge on any atom is -0.395 e. The van der Waals surface area contributed by atoms with E-state index in [0.29, 0.717) is 0 Å². The molecule has 0 aliphatic carbocycles. The lowest BCUT2D eigenvalue weighted by atomic mass is 10.5. The Morgan fingerprint density at radius 1 is 1.44 bits per heavy atom. The topological polar surface area (TPSA) is 77.8 Å². The summed E-state index contributed by atoms with van der Waals surface area (Å²) < 4.78 is 9.95. The molecule has 0 aromatic carbocycles. The smallest absolute Gasteiger partial charge is 0.395 e. The molecule has 0 aliphatic rings. The van der Waals surface area contributed by atoms with Crippen LogP contribution in [0.25, 0.3) is 0 Å². The molecule has 0 unspecified atom stereocenters. The summed E-state index contributed by atoms with van der Waals surface area (Å²) in [4.78, 5) is 16.2. The Balaban J connectivity index is 3.74. The largest absolute Gasteiger partial charge is 0.400 e. The molecule has 0 bridgehead atoms. The van der Waals surface area contributed by atoms with Crippen molar-refractivity contribution in [2.75, 3.05) is 6.61 Å². The van der Waals surface area contributed by atoms with Crippen LogP contribution >= 0.6 is 7.60 Å². The molecule has 52 valence electrons. The van der Waals surface area contributed by atoms with Gasteiger partial charge in [0, 0.05) is 12.1 Å². The van der Waals surface area contributed by atoms with Crippen molar-refractivity contribution in [3.63, 3.8) is 0 Å². The molecular formula is C4H7O4P. The first-order valence-corrected chi connectivity index (χ1v) is 3.84. The van der Waals surface area contributed by atoms with E-state index in [0.717, 1.165) is 0 Å². The second-order valence-corrected chi connectivity index (χ2v) is 2.62. The van der Waals surface area contributed by atoms with Gasteiger partial charge in [-0.3, -0.25) is 0 Å². The van der Waals surface area contributed by atoms with Crippen LogP contribution in [0.15, 0.2) is 0 Å². The monoisotopic (exact) mass is 150 g/mol. The van der Waals surface area contributed by atoms with Crippen molar-refractivity contribution in [1.82, 2.24) is 0 Å². The summed E-state index contributed by atoms with van der Waals surface area (Å²) in [6.45, 7) is -0.174. The van der Waals surface area contributed by atoms with Gasteiger partial charge in [0.1, 0.15) is 0 Å². The average Bonchev–Trinajstić information content (AvgIpc) is 1.63. The Morgan fingerprint density at radius 2 is 2.00 bits per heavy atom. The summed E-state index contributed by atoms with van der Waals surface area (Å²) in [6.07, 6.45) is 0.102. The molecule has 0 saturated carbocycles. The molecule has 0 rings (SSSR count). The van der Waals surface area contributed by atoms with Gasteiger partial charge in [0.2, 0.25) is 0 Å². The quantitative estimate of drug-likeness (QED) is 0.348. The lowest BCUT2D eigenvalue weighted by Gasteiger charge is -1.86. The number of hydrogen-bond acceptors (Lipinski definition) is 2. The van der Waals surface area contributed by atoms with Gasteiger partial charge in [0.25, 0.3) is 0 Å². The SMILES string of the molecule is O=P(O)(O)C#CCCO. The van der Waals surface area contributed by atoms with Crippen LogP contribution in [0, 0.1) is 11.6 Å². The summed E-state index contributed by atoms with van der Waals surface area (Å²) >= 11 is 0. The predicted octanol–water partition coefficient (Wildman–Crippen LogP) is -0.493. The molecule has 0 atom stereocenters. The number of aliphatic hydroxyl groups is 1. The molecule has 9 heavy (non-hydrogen) atoms. The Labute approximate surface area is 52.7 Å². The van der Waals surface area contributed by atoms with Crippen LogP contribution in [-0.4, -0.2) is 21.5 Å². The first kappa shape index (κ1) is 8.67. The van der Waals surface area contributed by atoms with Crippen molar-refractivity contribution in [3.8, 4) is 11.6 Å². The van der Waals surface area contributed by atoms with Crippen LogP contribution in [0.4, 0.5) is 0 Å². The third-order valence-corrected chi connectivity index (χ3v) is 0.911. The molecule has 0 radical (unpaired) electrons. The van der Waals surface area contributed by atoms with E-state index in [1.54, 1.807) is 5.66 Å². The summed E-state index contributed by atoms with van der Waals surface area (Å²) in [6, 6.07) is 0. The zero-order valence-electron chi connectivity index (χ0n) is 4.61. The highest BCUT2D eigenvalue weighted by molar-refractivity contribution is 7.57. The van der Waals surface area contributed by atoms with E-state index >= 15 is 0 Å². The molecule has 0 aromatic heterocycles. The molecule has 0 saturated heterocycles. The van der Waals surface area contributed by atoms with Gasteiger partial charge in [0.05, 0.1) is 6.61 Å². The van der Waals surface area contributed by atoms with E-state index in [4.69, 9.17) is 14.9 Å². The van der Waals surface area contributed by atoms with Crippen molar-refractivity contribution in [2.24, 2.45) is 0 Å². The first-order chi connectivity index (χ1) is 4.06. The maximum Gasteiger partial charge on any atom is 0.400 e. The maximum absolute atomic E-state index is 9.95. The minimum atomic E-state index is -4.17. The fourth-order valence-electron chi connectivity index (χ4n) is 0.215. The van der Waals surface area contributed by atoms with Gasteiger partial charge in [-0.05, 0) is 0 Å². The Bertz CT molecular complexity index is 171. The zero-order valence-corrected chi connectivity index (χ0v) is 5.51. The van der Waals surface area contributed by atoms with E-state index in [1.807, 2.05) is 0 Å². The maximum atomic E-state index is 9.95. The van der Waals surface area contributed by atoms with Gasteiger partial charge in [0.15, 0.2) is 0 Å². The fourth-order valence-corrected chi connectivity index (χ4v) is 0.533. The van der Waals surface area contributed by atoms with Crippen LogP contribution in [0.2, 0.25) is 0 Å². The summed E-state index contributed by atoms with van der Waals surface area (Å²) in [5.74, 6) is 2.11. The molecule has 0 amide bonds. The first-order valence-electron chi connectivity index (χ1n) is 2.23. The molecule has 5 heteroatoms. The van der Waals surface area contributed by atoms with E-state index in [1.165, 1.54) is 0 Å². The zero-order chi connectivity index (χ0) is 7.33. The van der Waals surface area contributed by atoms with Crippen LogP contribution in [0.1, 0.15) is 6.42 Å².